The number of methoxy groups -OCH3 is 1. The summed E-state index contributed by atoms with van der Waals surface area (Å²) in [5, 5.41) is 11.6. The van der Waals surface area contributed by atoms with Crippen molar-refractivity contribution in [1.82, 2.24) is 5.32 Å². The molecule has 162 valence electrons. The van der Waals surface area contributed by atoms with Gasteiger partial charge in [-0.25, -0.2) is 4.90 Å². The molecule has 1 N–H and O–H groups in total. The second-order valence-corrected chi connectivity index (χ2v) is 7.39. The van der Waals surface area contributed by atoms with E-state index in [0.29, 0.717) is 24.3 Å². The molecule has 3 aromatic rings. The van der Waals surface area contributed by atoms with Crippen LogP contribution in [0.15, 0.2) is 89.1 Å². The van der Waals surface area contributed by atoms with E-state index in [1.54, 1.807) is 31.4 Å². The molecule has 1 atom stereocenters. The van der Waals surface area contributed by atoms with Gasteiger partial charge in [0, 0.05) is 6.54 Å². The number of carbonyl (C=O) groups is 2. The number of imide groups is 1. The lowest BCUT2D eigenvalue weighted by molar-refractivity contribution is -0.121. The van der Waals surface area contributed by atoms with Gasteiger partial charge in [-0.15, -0.1) is 0 Å². The monoisotopic (exact) mass is 428 g/mol. The molecule has 0 aromatic heterocycles. The van der Waals surface area contributed by atoms with E-state index in [2.05, 4.69) is 15.5 Å². The first-order valence-electron chi connectivity index (χ1n) is 10.4. The number of amides is 2. The Balaban J connectivity index is 1.36. The highest BCUT2D eigenvalue weighted by atomic mass is 16.5. The zero-order chi connectivity index (χ0) is 22.3. The van der Waals surface area contributed by atoms with Crippen LogP contribution < -0.4 is 15.0 Å². The van der Waals surface area contributed by atoms with Crippen molar-refractivity contribution in [2.45, 2.75) is 18.9 Å². The Labute approximate surface area is 186 Å². The maximum Gasteiger partial charge on any atom is 0.251 e. The molecular weight excluding hydrogens is 404 g/mol. The van der Waals surface area contributed by atoms with Gasteiger partial charge in [0.15, 0.2) is 0 Å². The molecule has 0 aliphatic carbocycles. The number of para-hydroxylation sites is 1. The highest BCUT2D eigenvalue weighted by Crippen LogP contribution is 2.26. The highest BCUT2D eigenvalue weighted by molar-refractivity contribution is 6.22. The fourth-order valence-electron chi connectivity index (χ4n) is 3.63. The molecule has 32 heavy (non-hydrogen) atoms. The molecule has 4 rings (SSSR count). The van der Waals surface area contributed by atoms with Gasteiger partial charge in [0.25, 0.3) is 5.91 Å². The van der Waals surface area contributed by atoms with Gasteiger partial charge in [-0.2, -0.15) is 10.2 Å². The Morgan fingerprint density at radius 1 is 0.906 bits per heavy atom. The lowest BCUT2D eigenvalue weighted by atomic mass is 10.1. The topological polar surface area (TPSA) is 83.4 Å². The second kappa shape index (κ2) is 9.98. The molecule has 1 saturated heterocycles. The number of carbonyl (C=O) groups excluding carboxylic acids is 2. The fraction of sp³-hybridized carbons (Fsp3) is 0.200. The van der Waals surface area contributed by atoms with Crippen molar-refractivity contribution in [3.05, 3.63) is 84.4 Å². The van der Waals surface area contributed by atoms with E-state index < -0.39 is 6.04 Å². The zero-order valence-electron chi connectivity index (χ0n) is 17.8. The average Bonchev–Trinajstić information content (AvgIpc) is 3.12. The summed E-state index contributed by atoms with van der Waals surface area (Å²) in [5.41, 5.74) is 2.98. The van der Waals surface area contributed by atoms with Crippen LogP contribution in [-0.2, 0) is 16.0 Å². The van der Waals surface area contributed by atoms with Crippen molar-refractivity contribution in [3.8, 4) is 5.75 Å². The summed E-state index contributed by atoms with van der Waals surface area (Å²) >= 11 is 0. The van der Waals surface area contributed by atoms with Crippen molar-refractivity contribution in [3.63, 3.8) is 0 Å². The summed E-state index contributed by atoms with van der Waals surface area (Å²) in [6, 6.07) is 23.6. The van der Waals surface area contributed by atoms with Crippen LogP contribution in [0.4, 0.5) is 17.1 Å². The molecular formula is C25H24N4O3. The molecule has 1 heterocycles. The molecule has 7 heteroatoms. The van der Waals surface area contributed by atoms with Crippen molar-refractivity contribution >= 4 is 28.9 Å². The first kappa shape index (κ1) is 21.4. The van der Waals surface area contributed by atoms with Gasteiger partial charge in [0.05, 0.1) is 36.6 Å². The molecule has 0 bridgehead atoms. The van der Waals surface area contributed by atoms with Crippen LogP contribution in [0.3, 0.4) is 0 Å². The van der Waals surface area contributed by atoms with Crippen molar-refractivity contribution < 1.29 is 14.3 Å². The van der Waals surface area contributed by atoms with E-state index in [1.165, 1.54) is 4.90 Å². The molecule has 0 spiro atoms. The normalized spacial score (nSPS) is 16.2. The standard InChI is InChI=1S/C25H24N4O3/c1-32-23-10-6-5-7-18(23)15-16-26-22-17-24(30)29(25(22)31)21-13-11-20(12-14-21)28-27-19-8-3-2-4-9-19/h2-14,22,26H,15-17H2,1H3/t22-/m0/s1. The minimum Gasteiger partial charge on any atom is -0.496 e. The summed E-state index contributed by atoms with van der Waals surface area (Å²) in [5.74, 6) is 0.353. The third-order valence-electron chi connectivity index (χ3n) is 5.27. The van der Waals surface area contributed by atoms with E-state index in [1.807, 2.05) is 54.6 Å². The Morgan fingerprint density at radius 3 is 2.28 bits per heavy atom. The second-order valence-electron chi connectivity index (χ2n) is 7.39. The predicted octanol–water partition coefficient (Wildman–Crippen LogP) is 4.57. The number of rotatable bonds is 8. The van der Waals surface area contributed by atoms with Gasteiger partial charge < -0.3 is 10.1 Å². The molecule has 3 aromatic carbocycles. The van der Waals surface area contributed by atoms with Crippen LogP contribution >= 0.6 is 0 Å². The number of nitrogens with one attached hydrogen (secondary N) is 1. The molecule has 0 unspecified atom stereocenters. The third-order valence-corrected chi connectivity index (χ3v) is 5.27. The fourth-order valence-corrected chi connectivity index (χ4v) is 3.63. The third kappa shape index (κ3) is 4.90. The predicted molar refractivity (Wildman–Crippen MR) is 123 cm³/mol. The van der Waals surface area contributed by atoms with E-state index in [0.717, 1.165) is 17.0 Å². The van der Waals surface area contributed by atoms with Crippen LogP contribution in [0.1, 0.15) is 12.0 Å². The average molecular weight is 428 g/mol. The number of anilines is 1. The van der Waals surface area contributed by atoms with Gasteiger partial charge >= 0.3 is 0 Å². The largest absolute Gasteiger partial charge is 0.496 e. The summed E-state index contributed by atoms with van der Waals surface area (Å²) in [4.78, 5) is 26.6. The number of hydrogen-bond donors (Lipinski definition) is 1. The first-order valence-corrected chi connectivity index (χ1v) is 10.4. The van der Waals surface area contributed by atoms with E-state index in [4.69, 9.17) is 4.74 Å². The van der Waals surface area contributed by atoms with E-state index in [9.17, 15) is 9.59 Å². The number of benzene rings is 3. The van der Waals surface area contributed by atoms with Gasteiger partial charge in [0.1, 0.15) is 5.75 Å². The van der Waals surface area contributed by atoms with Crippen LogP contribution in [0.25, 0.3) is 0 Å². The molecule has 1 aliphatic heterocycles. The molecule has 1 fully saturated rings. The van der Waals surface area contributed by atoms with Gasteiger partial charge in [-0.05, 0) is 54.4 Å². The quantitative estimate of drug-likeness (QED) is 0.421. The number of nitrogens with zero attached hydrogens (tertiary/aromatic N) is 3. The van der Waals surface area contributed by atoms with Gasteiger partial charge in [0.2, 0.25) is 5.91 Å². The van der Waals surface area contributed by atoms with Crippen molar-refractivity contribution in [1.29, 1.82) is 0 Å². The SMILES string of the molecule is COc1ccccc1CCN[C@H]1CC(=O)N(c2ccc(N=Nc3ccccc3)cc2)C1=O. The lowest BCUT2D eigenvalue weighted by Crippen LogP contribution is -2.39. The van der Waals surface area contributed by atoms with Crippen LogP contribution in [0, 0.1) is 0 Å². The molecule has 2 amide bonds. The van der Waals surface area contributed by atoms with Crippen molar-refractivity contribution in [2.24, 2.45) is 10.2 Å². The minimum atomic E-state index is -0.533. The Kier molecular flexibility index (Phi) is 6.67. The lowest BCUT2D eigenvalue weighted by Gasteiger charge is -2.16. The molecule has 0 radical (unpaired) electrons. The maximum absolute atomic E-state index is 12.9. The van der Waals surface area contributed by atoms with Crippen LogP contribution in [-0.4, -0.2) is 31.5 Å². The number of hydrogen-bond acceptors (Lipinski definition) is 6. The van der Waals surface area contributed by atoms with E-state index >= 15 is 0 Å². The maximum atomic E-state index is 12.9. The molecule has 1 aliphatic rings. The van der Waals surface area contributed by atoms with Crippen LogP contribution in [0.5, 0.6) is 5.75 Å². The Hall–Kier alpha value is -3.84. The highest BCUT2D eigenvalue weighted by Gasteiger charge is 2.39. The van der Waals surface area contributed by atoms with Gasteiger partial charge in [-0.1, -0.05) is 36.4 Å². The van der Waals surface area contributed by atoms with Crippen LogP contribution in [0.2, 0.25) is 0 Å². The summed E-state index contributed by atoms with van der Waals surface area (Å²) in [6.07, 6.45) is 0.837. The summed E-state index contributed by atoms with van der Waals surface area (Å²) in [6.45, 7) is 0.566. The summed E-state index contributed by atoms with van der Waals surface area (Å²) < 4.78 is 5.36. The first-order chi connectivity index (χ1) is 15.7. The van der Waals surface area contributed by atoms with E-state index in [-0.39, 0.29) is 18.2 Å². The smallest absolute Gasteiger partial charge is 0.251 e. The number of azo groups is 1. The molecule has 0 saturated carbocycles. The number of ether oxygens (including phenoxy) is 1. The Morgan fingerprint density at radius 2 is 1.56 bits per heavy atom. The van der Waals surface area contributed by atoms with Crippen molar-refractivity contribution in [2.75, 3.05) is 18.6 Å². The molecule has 7 nitrogen and oxygen atoms in total. The summed E-state index contributed by atoms with van der Waals surface area (Å²) in [7, 11) is 1.64. The zero-order valence-corrected chi connectivity index (χ0v) is 17.8. The van der Waals surface area contributed by atoms with Gasteiger partial charge in [-0.3, -0.25) is 9.59 Å². The Bertz CT molecular complexity index is 1110. The minimum absolute atomic E-state index is 0.139.